The maximum absolute atomic E-state index is 11.0. The molecular formula is C14H21N3O3. The Kier molecular flexibility index (Phi) is 4.79. The molecule has 6 nitrogen and oxygen atoms in total. The van der Waals surface area contributed by atoms with E-state index in [-0.39, 0.29) is 10.6 Å². The van der Waals surface area contributed by atoms with Crippen molar-refractivity contribution in [2.75, 3.05) is 37.0 Å². The number of ether oxygens (including phenoxy) is 1. The van der Waals surface area contributed by atoms with Crippen molar-refractivity contribution in [3.8, 4) is 0 Å². The highest BCUT2D eigenvalue weighted by molar-refractivity contribution is 5.64. The summed E-state index contributed by atoms with van der Waals surface area (Å²) in [6, 6.07) is 5.55. The minimum absolute atomic E-state index is 0.123. The van der Waals surface area contributed by atoms with Crippen LogP contribution in [0.15, 0.2) is 18.2 Å². The van der Waals surface area contributed by atoms with Gasteiger partial charge in [0.15, 0.2) is 0 Å². The van der Waals surface area contributed by atoms with E-state index in [1.807, 2.05) is 20.0 Å². The van der Waals surface area contributed by atoms with Gasteiger partial charge in [-0.05, 0) is 25.8 Å². The monoisotopic (exact) mass is 279 g/mol. The number of nitro groups is 1. The van der Waals surface area contributed by atoms with Gasteiger partial charge in [0, 0.05) is 56.4 Å². The zero-order valence-electron chi connectivity index (χ0n) is 12.0. The Balaban J connectivity index is 2.26. The van der Waals surface area contributed by atoms with Crippen LogP contribution in [-0.2, 0) is 4.74 Å². The second kappa shape index (κ2) is 6.56. The molecule has 0 aliphatic carbocycles. The van der Waals surface area contributed by atoms with E-state index in [1.54, 1.807) is 12.1 Å². The second-order valence-electron chi connectivity index (χ2n) is 4.98. The van der Waals surface area contributed by atoms with Crippen LogP contribution in [0, 0.1) is 10.1 Å². The van der Waals surface area contributed by atoms with Gasteiger partial charge in [0.1, 0.15) is 0 Å². The van der Waals surface area contributed by atoms with Gasteiger partial charge in [0.25, 0.3) is 5.69 Å². The van der Waals surface area contributed by atoms with Crippen LogP contribution >= 0.6 is 0 Å². The summed E-state index contributed by atoms with van der Waals surface area (Å²) in [4.78, 5) is 12.8. The number of rotatable bonds is 5. The molecule has 1 aliphatic rings. The van der Waals surface area contributed by atoms with Gasteiger partial charge in [-0.25, -0.2) is 0 Å². The minimum atomic E-state index is -0.345. The van der Waals surface area contributed by atoms with E-state index in [0.29, 0.717) is 6.04 Å². The normalized spacial score (nSPS) is 15.9. The summed E-state index contributed by atoms with van der Waals surface area (Å²) in [5, 5.41) is 14.2. The number of hydrogen-bond acceptors (Lipinski definition) is 5. The maximum atomic E-state index is 11.0. The highest BCUT2D eigenvalue weighted by atomic mass is 16.6. The Labute approximate surface area is 118 Å². The number of non-ortho nitro benzene ring substituents is 1. The molecule has 1 saturated heterocycles. The molecule has 0 spiro atoms. The summed E-state index contributed by atoms with van der Waals surface area (Å²) in [5.74, 6) is 0. The molecule has 20 heavy (non-hydrogen) atoms. The summed E-state index contributed by atoms with van der Waals surface area (Å²) in [6.45, 7) is 4.22. The fraction of sp³-hybridized carbons (Fsp3) is 0.571. The zero-order valence-corrected chi connectivity index (χ0v) is 12.0. The van der Waals surface area contributed by atoms with Gasteiger partial charge in [-0.2, -0.15) is 0 Å². The lowest BCUT2D eigenvalue weighted by Crippen LogP contribution is -2.36. The fourth-order valence-electron chi connectivity index (χ4n) is 2.49. The molecule has 1 N–H and O–H groups in total. The third-order valence-electron chi connectivity index (χ3n) is 3.64. The van der Waals surface area contributed by atoms with Gasteiger partial charge in [-0.3, -0.25) is 10.1 Å². The number of benzene rings is 1. The van der Waals surface area contributed by atoms with Gasteiger partial charge in [0.05, 0.1) is 4.92 Å². The standard InChI is InChI=1S/C14H21N3O3/c1-3-15-11-8-13(10-14(9-11)17(18)19)16(2)12-4-6-20-7-5-12/h8-10,12,15H,3-7H2,1-2H3. The van der Waals surface area contributed by atoms with Crippen LogP contribution in [0.3, 0.4) is 0 Å². The molecule has 6 heteroatoms. The molecule has 1 aliphatic heterocycles. The van der Waals surface area contributed by atoms with E-state index < -0.39 is 0 Å². The van der Waals surface area contributed by atoms with Gasteiger partial charge in [-0.15, -0.1) is 0 Å². The first kappa shape index (κ1) is 14.6. The Morgan fingerprint density at radius 1 is 1.40 bits per heavy atom. The quantitative estimate of drug-likeness (QED) is 0.663. The van der Waals surface area contributed by atoms with E-state index in [2.05, 4.69) is 10.2 Å². The van der Waals surface area contributed by atoms with Crippen LogP contribution < -0.4 is 10.2 Å². The Hall–Kier alpha value is -1.82. The van der Waals surface area contributed by atoms with Crippen molar-refractivity contribution in [2.24, 2.45) is 0 Å². The highest BCUT2D eigenvalue weighted by Gasteiger charge is 2.21. The van der Waals surface area contributed by atoms with Crippen molar-refractivity contribution < 1.29 is 9.66 Å². The highest BCUT2D eigenvalue weighted by Crippen LogP contribution is 2.29. The number of nitrogens with zero attached hydrogens (tertiary/aromatic N) is 2. The van der Waals surface area contributed by atoms with Crippen molar-refractivity contribution in [3.05, 3.63) is 28.3 Å². The summed E-state index contributed by atoms with van der Waals surface area (Å²) in [6.07, 6.45) is 1.91. The number of nitrogens with one attached hydrogen (secondary N) is 1. The van der Waals surface area contributed by atoms with E-state index >= 15 is 0 Å². The van der Waals surface area contributed by atoms with Crippen LogP contribution in [-0.4, -0.2) is 37.8 Å². The largest absolute Gasteiger partial charge is 0.385 e. The summed E-state index contributed by atoms with van der Waals surface area (Å²) < 4.78 is 5.36. The van der Waals surface area contributed by atoms with Crippen molar-refractivity contribution in [1.29, 1.82) is 0 Å². The van der Waals surface area contributed by atoms with Crippen molar-refractivity contribution in [2.45, 2.75) is 25.8 Å². The fourth-order valence-corrected chi connectivity index (χ4v) is 2.49. The molecule has 0 amide bonds. The predicted molar refractivity (Wildman–Crippen MR) is 79.5 cm³/mol. The van der Waals surface area contributed by atoms with Crippen LogP contribution in [0.4, 0.5) is 17.1 Å². The Morgan fingerprint density at radius 2 is 2.10 bits per heavy atom. The number of anilines is 2. The SMILES string of the molecule is CCNc1cc(N(C)C2CCOCC2)cc([N+](=O)[O-])c1. The van der Waals surface area contributed by atoms with E-state index in [0.717, 1.165) is 44.0 Å². The molecule has 0 aromatic heterocycles. The molecule has 0 unspecified atom stereocenters. The lowest BCUT2D eigenvalue weighted by molar-refractivity contribution is -0.384. The smallest absolute Gasteiger partial charge is 0.273 e. The third kappa shape index (κ3) is 3.39. The molecule has 1 fully saturated rings. The molecule has 1 aromatic carbocycles. The lowest BCUT2D eigenvalue weighted by Gasteiger charge is -2.33. The van der Waals surface area contributed by atoms with E-state index in [1.165, 1.54) is 0 Å². The molecule has 0 saturated carbocycles. The van der Waals surface area contributed by atoms with Crippen LogP contribution in [0.1, 0.15) is 19.8 Å². The number of hydrogen-bond donors (Lipinski definition) is 1. The molecular weight excluding hydrogens is 258 g/mol. The summed E-state index contributed by atoms with van der Waals surface area (Å²) >= 11 is 0. The molecule has 110 valence electrons. The second-order valence-corrected chi connectivity index (χ2v) is 4.98. The summed E-state index contributed by atoms with van der Waals surface area (Å²) in [7, 11) is 1.99. The molecule has 1 aromatic rings. The topological polar surface area (TPSA) is 67.6 Å². The average molecular weight is 279 g/mol. The zero-order chi connectivity index (χ0) is 14.5. The van der Waals surface area contributed by atoms with Crippen LogP contribution in [0.5, 0.6) is 0 Å². The number of nitro benzene ring substituents is 1. The summed E-state index contributed by atoms with van der Waals surface area (Å²) in [5.41, 5.74) is 1.79. The maximum Gasteiger partial charge on any atom is 0.273 e. The van der Waals surface area contributed by atoms with Gasteiger partial charge >= 0.3 is 0 Å². The van der Waals surface area contributed by atoms with Crippen LogP contribution in [0.25, 0.3) is 0 Å². The van der Waals surface area contributed by atoms with Gasteiger partial charge < -0.3 is 15.0 Å². The van der Waals surface area contributed by atoms with Gasteiger partial charge in [-0.1, -0.05) is 0 Å². The van der Waals surface area contributed by atoms with Crippen molar-refractivity contribution in [3.63, 3.8) is 0 Å². The molecule has 0 atom stereocenters. The van der Waals surface area contributed by atoms with E-state index in [4.69, 9.17) is 4.74 Å². The van der Waals surface area contributed by atoms with Crippen molar-refractivity contribution in [1.82, 2.24) is 0 Å². The molecule has 0 bridgehead atoms. The van der Waals surface area contributed by atoms with Gasteiger partial charge in [0.2, 0.25) is 0 Å². The molecule has 2 rings (SSSR count). The Morgan fingerprint density at radius 3 is 2.70 bits per heavy atom. The van der Waals surface area contributed by atoms with Crippen LogP contribution in [0.2, 0.25) is 0 Å². The minimum Gasteiger partial charge on any atom is -0.385 e. The first-order chi connectivity index (χ1) is 9.61. The predicted octanol–water partition coefficient (Wildman–Crippen LogP) is 2.64. The lowest BCUT2D eigenvalue weighted by atomic mass is 10.1. The third-order valence-corrected chi connectivity index (χ3v) is 3.64. The first-order valence-corrected chi connectivity index (χ1v) is 6.95. The van der Waals surface area contributed by atoms with E-state index in [9.17, 15) is 10.1 Å². The van der Waals surface area contributed by atoms with Crippen molar-refractivity contribution >= 4 is 17.1 Å². The molecule has 1 heterocycles. The molecule has 0 radical (unpaired) electrons. The first-order valence-electron chi connectivity index (χ1n) is 6.95. The Bertz CT molecular complexity index is 473. The average Bonchev–Trinajstić information content (AvgIpc) is 2.47.